The molecule has 0 bridgehead atoms. The van der Waals surface area contributed by atoms with Gasteiger partial charge in [-0.25, -0.2) is 14.2 Å². The monoisotopic (exact) mass is 731 g/mol. The van der Waals surface area contributed by atoms with Crippen LogP contribution >= 0.6 is 0 Å². The van der Waals surface area contributed by atoms with E-state index < -0.39 is 17.0 Å². The van der Waals surface area contributed by atoms with Gasteiger partial charge in [0.1, 0.15) is 17.9 Å². The molecule has 0 unspecified atom stereocenters. The number of benzene rings is 3. The van der Waals surface area contributed by atoms with E-state index in [1.807, 2.05) is 79.9 Å². The van der Waals surface area contributed by atoms with Gasteiger partial charge in [0.15, 0.2) is 5.69 Å². The number of nitrogens with two attached hydrogens (primary N) is 1. The molecule has 2 aromatic heterocycles. The molecule has 0 spiro atoms. The normalized spacial score (nSPS) is 18.2. The fourth-order valence-corrected chi connectivity index (χ4v) is 7.24. The molecule has 2 aliphatic heterocycles. The van der Waals surface area contributed by atoms with Crippen LogP contribution in [0.2, 0.25) is 0 Å². The lowest BCUT2D eigenvalue weighted by Gasteiger charge is -2.43. The summed E-state index contributed by atoms with van der Waals surface area (Å²) in [4.78, 5) is 53.0. The Kier molecular flexibility index (Phi) is 10.4. The summed E-state index contributed by atoms with van der Waals surface area (Å²) >= 11 is 0. The number of piperidine rings is 2. The smallest absolute Gasteiger partial charge is 0.321 e. The van der Waals surface area contributed by atoms with E-state index in [2.05, 4.69) is 15.3 Å². The highest BCUT2D eigenvalue weighted by Gasteiger charge is 2.41. The average Bonchev–Trinajstić information content (AvgIpc) is 3.19. The van der Waals surface area contributed by atoms with E-state index in [1.165, 1.54) is 35.2 Å². The summed E-state index contributed by atoms with van der Waals surface area (Å²) in [6, 6.07) is 26.4. The number of aliphatic hydroxyl groups is 1. The molecule has 2 saturated heterocycles. The third-order valence-corrected chi connectivity index (χ3v) is 10.3. The summed E-state index contributed by atoms with van der Waals surface area (Å²) in [7, 11) is 0. The molecular formula is C41H42FN7O5. The Morgan fingerprint density at radius 3 is 2.43 bits per heavy atom. The van der Waals surface area contributed by atoms with Crippen molar-refractivity contribution in [1.29, 1.82) is 0 Å². The topological polar surface area (TPSA) is 156 Å². The fourth-order valence-electron chi connectivity index (χ4n) is 7.24. The molecule has 3 aromatic carbocycles. The number of rotatable bonds is 8. The molecule has 2 fully saturated rings. The summed E-state index contributed by atoms with van der Waals surface area (Å²) in [6.07, 6.45) is 4.05. The highest BCUT2D eigenvalue weighted by molar-refractivity contribution is 5.90. The van der Waals surface area contributed by atoms with Crippen molar-refractivity contribution in [3.8, 4) is 22.8 Å². The van der Waals surface area contributed by atoms with Gasteiger partial charge in [-0.15, -0.1) is 0 Å². The van der Waals surface area contributed by atoms with Crippen molar-refractivity contribution >= 4 is 23.3 Å². The van der Waals surface area contributed by atoms with E-state index in [-0.39, 0.29) is 60.5 Å². The third kappa shape index (κ3) is 8.11. The van der Waals surface area contributed by atoms with Crippen molar-refractivity contribution in [3.05, 3.63) is 131 Å². The van der Waals surface area contributed by atoms with Crippen LogP contribution in [0.15, 0.2) is 108 Å². The number of nitrogens with one attached hydrogen (secondary N) is 1. The van der Waals surface area contributed by atoms with Crippen molar-refractivity contribution in [1.82, 2.24) is 24.3 Å². The van der Waals surface area contributed by atoms with Crippen LogP contribution in [0.25, 0.3) is 11.1 Å². The van der Waals surface area contributed by atoms with Crippen LogP contribution in [0.4, 0.5) is 20.6 Å². The summed E-state index contributed by atoms with van der Waals surface area (Å²) in [6.45, 7) is 3.24. The maximum atomic E-state index is 14.2. The predicted octanol–water partition coefficient (Wildman–Crippen LogP) is 5.82. The van der Waals surface area contributed by atoms with Crippen molar-refractivity contribution in [2.45, 2.75) is 44.2 Å². The molecule has 3 amide bonds. The minimum absolute atomic E-state index is 0.0178. The van der Waals surface area contributed by atoms with Gasteiger partial charge in [0.25, 0.3) is 5.56 Å². The SMILES string of the molecule is Cc1ccc(-c2cccc(NC(=O)N3CC[C@@H](C(=O)N4CCC(O)(Cn5cnc(Oc6ccc(F)cc6)c(N)c5=O)CC4)[C@H](c4ccccc4)C3)c2)cn1. The Balaban J connectivity index is 0.991. The Morgan fingerprint density at radius 1 is 0.944 bits per heavy atom. The molecule has 5 aromatic rings. The highest BCUT2D eigenvalue weighted by Crippen LogP contribution is 2.36. The van der Waals surface area contributed by atoms with Gasteiger partial charge in [0.05, 0.1) is 12.1 Å². The summed E-state index contributed by atoms with van der Waals surface area (Å²) < 4.78 is 20.1. The molecule has 0 radical (unpaired) electrons. The number of hydrogen-bond donors (Lipinski definition) is 3. The standard InChI is InChI=1S/C41H42FN7O5/c1-27-10-11-30(23-44-27)29-8-5-9-32(22-29)46-40(52)48-19-16-34(35(24-48)28-6-3-2-4-7-28)38(50)47-20-17-41(53,18-21-47)25-49-26-45-37(36(43)39(49)51)54-33-14-12-31(42)13-15-33/h2-15,22-23,26,34-35,53H,16-21,24-25,43H2,1H3,(H,46,52)/t34-,35+/m1/s1. The lowest BCUT2D eigenvalue weighted by atomic mass is 9.79. The molecule has 12 nitrogen and oxygen atoms in total. The Labute approximate surface area is 312 Å². The second-order valence-corrected chi connectivity index (χ2v) is 14.1. The lowest BCUT2D eigenvalue weighted by molar-refractivity contribution is -0.142. The van der Waals surface area contributed by atoms with Crippen LogP contribution < -0.4 is 21.3 Å². The molecule has 54 heavy (non-hydrogen) atoms. The van der Waals surface area contributed by atoms with E-state index in [9.17, 15) is 23.9 Å². The number of nitrogen functional groups attached to an aromatic ring is 1. The Bertz CT molecular complexity index is 2170. The number of carbonyl (C=O) groups excluding carboxylic acids is 2. The largest absolute Gasteiger partial charge is 0.437 e. The number of aryl methyl sites for hydroxylation is 1. The summed E-state index contributed by atoms with van der Waals surface area (Å²) in [5.74, 6) is -0.888. The molecule has 0 aliphatic carbocycles. The average molecular weight is 732 g/mol. The molecule has 2 aliphatic rings. The first-order valence-electron chi connectivity index (χ1n) is 18.0. The molecule has 4 N–H and O–H groups in total. The van der Waals surface area contributed by atoms with Gasteiger partial charge in [-0.1, -0.05) is 48.5 Å². The van der Waals surface area contributed by atoms with Crippen LogP contribution in [-0.2, 0) is 11.3 Å². The number of carbonyl (C=O) groups is 2. The quantitative estimate of drug-likeness (QED) is 0.180. The number of amides is 3. The number of hydrogen-bond acceptors (Lipinski definition) is 8. The number of nitrogens with zero attached hydrogens (tertiary/aromatic N) is 5. The van der Waals surface area contributed by atoms with Gasteiger partial charge in [-0.05, 0) is 79.8 Å². The van der Waals surface area contributed by atoms with Crippen LogP contribution in [0.1, 0.15) is 36.4 Å². The molecule has 13 heteroatoms. The van der Waals surface area contributed by atoms with Gasteiger partial charge < -0.3 is 30.7 Å². The van der Waals surface area contributed by atoms with Crippen LogP contribution in [0.5, 0.6) is 11.6 Å². The minimum Gasteiger partial charge on any atom is -0.437 e. The van der Waals surface area contributed by atoms with Gasteiger partial charge in [0.2, 0.25) is 11.8 Å². The van der Waals surface area contributed by atoms with Crippen molar-refractivity contribution in [2.75, 3.05) is 37.2 Å². The molecule has 4 heterocycles. The first kappa shape index (κ1) is 36.3. The predicted molar refractivity (Wildman–Crippen MR) is 202 cm³/mol. The molecule has 7 rings (SSSR count). The third-order valence-electron chi connectivity index (χ3n) is 10.3. The van der Waals surface area contributed by atoms with Gasteiger partial charge in [-0.2, -0.15) is 0 Å². The maximum absolute atomic E-state index is 14.2. The van der Waals surface area contributed by atoms with Crippen molar-refractivity contribution < 1.29 is 23.8 Å². The first-order chi connectivity index (χ1) is 26.0. The van der Waals surface area contributed by atoms with E-state index >= 15 is 0 Å². The van der Waals surface area contributed by atoms with E-state index in [0.29, 0.717) is 38.3 Å². The van der Waals surface area contributed by atoms with Gasteiger partial charge >= 0.3 is 6.03 Å². The lowest BCUT2D eigenvalue weighted by Crippen LogP contribution is -2.53. The van der Waals surface area contributed by atoms with Crippen LogP contribution in [0.3, 0.4) is 0 Å². The second-order valence-electron chi connectivity index (χ2n) is 14.1. The number of aromatic nitrogens is 3. The molecule has 2 atom stereocenters. The van der Waals surface area contributed by atoms with Crippen LogP contribution in [0, 0.1) is 18.7 Å². The molecule has 0 saturated carbocycles. The molecule has 278 valence electrons. The number of halogens is 1. The van der Waals surface area contributed by atoms with Crippen molar-refractivity contribution in [2.24, 2.45) is 5.92 Å². The van der Waals surface area contributed by atoms with E-state index in [4.69, 9.17) is 10.5 Å². The number of likely N-dealkylation sites (tertiary alicyclic amines) is 2. The molecular weight excluding hydrogens is 689 g/mol. The van der Waals surface area contributed by atoms with Gasteiger partial charge in [0, 0.05) is 61.2 Å². The highest BCUT2D eigenvalue weighted by atomic mass is 19.1. The number of urea groups is 1. The Morgan fingerprint density at radius 2 is 1.70 bits per heavy atom. The zero-order valence-electron chi connectivity index (χ0n) is 29.9. The summed E-state index contributed by atoms with van der Waals surface area (Å²) in [5, 5.41) is 14.6. The minimum atomic E-state index is -1.28. The second kappa shape index (κ2) is 15.5. The maximum Gasteiger partial charge on any atom is 0.321 e. The fraction of sp³-hybridized carbons (Fsp3) is 0.293. The number of anilines is 2. The number of pyridine rings is 1. The van der Waals surface area contributed by atoms with Gasteiger partial charge in [-0.3, -0.25) is 19.1 Å². The zero-order valence-corrected chi connectivity index (χ0v) is 29.9. The van der Waals surface area contributed by atoms with E-state index in [1.54, 1.807) is 9.80 Å². The summed E-state index contributed by atoms with van der Waals surface area (Å²) in [5.41, 5.74) is 8.44. The first-order valence-corrected chi connectivity index (χ1v) is 18.0. The Hall–Kier alpha value is -6.08. The van der Waals surface area contributed by atoms with Crippen LogP contribution in [-0.4, -0.2) is 73.2 Å². The van der Waals surface area contributed by atoms with Crippen molar-refractivity contribution in [3.63, 3.8) is 0 Å². The van der Waals surface area contributed by atoms with E-state index in [0.717, 1.165) is 22.4 Å². The zero-order chi connectivity index (χ0) is 37.8. The number of ether oxygens (including phenoxy) is 1.